The Morgan fingerprint density at radius 2 is 1.09 bits per heavy atom. The van der Waals surface area contributed by atoms with Crippen molar-refractivity contribution < 1.29 is 35.8 Å². The predicted octanol–water partition coefficient (Wildman–Crippen LogP) is 5.08. The largest absolute Gasteiger partial charge is 0.488 e. The number of unbranched alkanes of at least 4 members (excludes halogenated alkanes) is 2. The quantitative estimate of drug-likeness (QED) is 0.312. The molecule has 0 saturated carbocycles. The monoisotopic (exact) mass is 344 g/mol. The van der Waals surface area contributed by atoms with Gasteiger partial charge in [-0.15, -0.1) is 13.2 Å². The molecular weight excluding hydrogens is 326 g/mol. The minimum atomic E-state index is -5.61. The highest BCUT2D eigenvalue weighted by molar-refractivity contribution is 5.34. The van der Waals surface area contributed by atoms with Crippen molar-refractivity contribution in [3.8, 4) is 0 Å². The smallest absolute Gasteiger partial charge is 0.387 e. The second-order valence-corrected chi connectivity index (χ2v) is 4.94. The maximum atomic E-state index is 13.7. The highest BCUT2D eigenvalue weighted by atomic mass is 19.3. The van der Waals surface area contributed by atoms with E-state index < -0.39 is 42.5 Å². The van der Waals surface area contributed by atoms with Crippen molar-refractivity contribution in [1.29, 1.82) is 0 Å². The second-order valence-electron chi connectivity index (χ2n) is 4.94. The molecule has 0 bridgehead atoms. The number of allylic oxidation sites excluding steroid dienone is 4. The third kappa shape index (κ3) is 3.50. The summed E-state index contributed by atoms with van der Waals surface area (Å²) in [5.74, 6) is -19.5. The van der Waals surface area contributed by atoms with Gasteiger partial charge in [0.2, 0.25) is 11.5 Å². The average molecular weight is 344 g/mol. The van der Waals surface area contributed by atoms with Crippen LogP contribution in [0.2, 0.25) is 0 Å². The summed E-state index contributed by atoms with van der Waals surface area (Å²) in [5.41, 5.74) is 0. The van der Waals surface area contributed by atoms with E-state index in [1.54, 1.807) is 0 Å². The molecule has 1 rings (SSSR count). The first kappa shape index (κ1) is 19.4. The molecular formula is C15H18F6O2. The Bertz CT molecular complexity index is 431. The van der Waals surface area contributed by atoms with Crippen LogP contribution in [0.5, 0.6) is 0 Å². The average Bonchev–Trinajstić information content (AvgIpc) is 2.56. The number of rotatable bonds is 10. The fourth-order valence-electron chi connectivity index (χ4n) is 1.88. The summed E-state index contributed by atoms with van der Waals surface area (Å²) in [6.45, 7) is 5.92. The molecule has 0 aromatic carbocycles. The lowest BCUT2D eigenvalue weighted by atomic mass is 10.1. The minimum Gasteiger partial charge on any atom is -0.488 e. The van der Waals surface area contributed by atoms with Crippen LogP contribution in [-0.4, -0.2) is 31.0 Å². The molecule has 0 fully saturated rings. The molecule has 0 radical (unpaired) electrons. The van der Waals surface area contributed by atoms with E-state index in [1.165, 1.54) is 12.2 Å². The van der Waals surface area contributed by atoms with Gasteiger partial charge in [-0.25, -0.2) is 0 Å². The van der Waals surface area contributed by atoms with Gasteiger partial charge in [-0.3, -0.25) is 0 Å². The number of alkyl halides is 6. The summed E-state index contributed by atoms with van der Waals surface area (Å²) < 4.78 is 90.7. The van der Waals surface area contributed by atoms with Gasteiger partial charge in [-0.1, -0.05) is 12.2 Å². The van der Waals surface area contributed by atoms with Crippen LogP contribution >= 0.6 is 0 Å². The first-order valence-corrected chi connectivity index (χ1v) is 7.00. The lowest BCUT2D eigenvalue weighted by Gasteiger charge is -2.24. The molecule has 2 nitrogen and oxygen atoms in total. The Balaban J connectivity index is 3.02. The van der Waals surface area contributed by atoms with E-state index in [9.17, 15) is 26.3 Å². The van der Waals surface area contributed by atoms with Crippen molar-refractivity contribution in [2.45, 2.75) is 43.5 Å². The molecule has 8 heteroatoms. The molecule has 23 heavy (non-hydrogen) atoms. The van der Waals surface area contributed by atoms with Crippen LogP contribution in [0.15, 0.2) is 36.8 Å². The molecule has 0 atom stereocenters. The van der Waals surface area contributed by atoms with Gasteiger partial charge in [0.1, 0.15) is 0 Å². The van der Waals surface area contributed by atoms with Gasteiger partial charge in [0.15, 0.2) is 0 Å². The summed E-state index contributed by atoms with van der Waals surface area (Å²) in [6.07, 6.45) is 3.98. The zero-order valence-corrected chi connectivity index (χ0v) is 12.4. The van der Waals surface area contributed by atoms with Crippen molar-refractivity contribution >= 4 is 0 Å². The molecule has 1 aliphatic carbocycles. The summed E-state index contributed by atoms with van der Waals surface area (Å²) >= 11 is 0. The van der Waals surface area contributed by atoms with E-state index in [4.69, 9.17) is 0 Å². The Kier molecular flexibility index (Phi) is 6.18. The van der Waals surface area contributed by atoms with Gasteiger partial charge < -0.3 is 9.47 Å². The van der Waals surface area contributed by atoms with Crippen LogP contribution in [0.3, 0.4) is 0 Å². The maximum absolute atomic E-state index is 13.7. The highest BCUT2D eigenvalue weighted by Crippen LogP contribution is 2.59. The summed E-state index contributed by atoms with van der Waals surface area (Å²) in [5, 5.41) is 0. The van der Waals surface area contributed by atoms with Crippen LogP contribution in [0.1, 0.15) is 25.7 Å². The molecule has 0 amide bonds. The molecule has 132 valence electrons. The number of ether oxygens (including phenoxy) is 2. The van der Waals surface area contributed by atoms with Crippen molar-refractivity contribution in [1.82, 2.24) is 0 Å². The van der Waals surface area contributed by atoms with Crippen molar-refractivity contribution in [2.75, 3.05) is 13.2 Å². The lowest BCUT2D eigenvalue weighted by Crippen LogP contribution is -2.49. The Morgan fingerprint density at radius 3 is 1.39 bits per heavy atom. The first-order valence-electron chi connectivity index (χ1n) is 7.00. The molecule has 0 aromatic rings. The summed E-state index contributed by atoms with van der Waals surface area (Å²) in [6, 6.07) is 0. The first-order chi connectivity index (χ1) is 10.6. The number of hydrogen-bond donors (Lipinski definition) is 0. The zero-order valence-electron chi connectivity index (χ0n) is 12.4. The molecule has 0 saturated heterocycles. The maximum Gasteiger partial charge on any atom is 0.387 e. The molecule has 0 unspecified atom stereocenters. The van der Waals surface area contributed by atoms with Gasteiger partial charge in [-0.05, 0) is 25.7 Å². The molecule has 0 heterocycles. The predicted molar refractivity (Wildman–Crippen MR) is 72.6 cm³/mol. The molecule has 0 spiro atoms. The van der Waals surface area contributed by atoms with E-state index >= 15 is 0 Å². The fourth-order valence-corrected chi connectivity index (χ4v) is 1.88. The van der Waals surface area contributed by atoms with Gasteiger partial charge in [-0.2, -0.15) is 26.3 Å². The second kappa shape index (κ2) is 7.31. The van der Waals surface area contributed by atoms with Crippen LogP contribution in [-0.2, 0) is 9.47 Å². The Labute approximate surface area is 130 Å². The highest BCUT2D eigenvalue weighted by Gasteiger charge is 2.83. The molecule has 0 aliphatic heterocycles. The van der Waals surface area contributed by atoms with Crippen molar-refractivity contribution in [3.05, 3.63) is 36.8 Å². The van der Waals surface area contributed by atoms with Crippen molar-refractivity contribution in [3.63, 3.8) is 0 Å². The Morgan fingerprint density at radius 1 is 0.739 bits per heavy atom. The summed E-state index contributed by atoms with van der Waals surface area (Å²) in [7, 11) is 0. The van der Waals surface area contributed by atoms with Gasteiger partial charge in [0, 0.05) is 0 Å². The number of hydrogen-bond acceptors (Lipinski definition) is 2. The van der Waals surface area contributed by atoms with E-state index in [1.807, 2.05) is 0 Å². The molecule has 0 N–H and O–H groups in total. The van der Waals surface area contributed by atoms with E-state index in [0.29, 0.717) is 12.8 Å². The van der Waals surface area contributed by atoms with E-state index in [2.05, 4.69) is 22.6 Å². The standard InChI is InChI=1S/C15H18F6O2/c1-3-5-7-9-22-11-12(23-10-8-6-4-2)14(18,19)15(20,21)13(11,16)17/h3-4H,1-2,5-10H2. The van der Waals surface area contributed by atoms with Crippen molar-refractivity contribution in [2.24, 2.45) is 0 Å². The normalized spacial score (nSPS) is 21.1. The Hall–Kier alpha value is -1.60. The van der Waals surface area contributed by atoms with Crippen LogP contribution in [0.25, 0.3) is 0 Å². The molecule has 1 aliphatic rings. The van der Waals surface area contributed by atoms with E-state index in [-0.39, 0.29) is 12.8 Å². The van der Waals surface area contributed by atoms with Gasteiger partial charge >= 0.3 is 17.8 Å². The van der Waals surface area contributed by atoms with Crippen LogP contribution in [0.4, 0.5) is 26.3 Å². The van der Waals surface area contributed by atoms with Crippen LogP contribution in [0, 0.1) is 0 Å². The number of halogens is 6. The minimum absolute atomic E-state index is 0.171. The summed E-state index contributed by atoms with van der Waals surface area (Å²) in [4.78, 5) is 0. The third-order valence-electron chi connectivity index (χ3n) is 3.16. The van der Waals surface area contributed by atoms with Crippen LogP contribution < -0.4 is 0 Å². The third-order valence-corrected chi connectivity index (χ3v) is 3.16. The fraction of sp³-hybridized carbons (Fsp3) is 0.600. The molecule has 0 aromatic heterocycles. The SMILES string of the molecule is C=CCCCOC1=C(OCCCC=C)C(F)(F)C(F)(F)C1(F)F. The van der Waals surface area contributed by atoms with Gasteiger partial charge in [0.25, 0.3) is 0 Å². The van der Waals surface area contributed by atoms with E-state index in [0.717, 1.165) is 0 Å². The lowest BCUT2D eigenvalue weighted by molar-refractivity contribution is -0.276. The zero-order chi connectivity index (χ0) is 17.7. The van der Waals surface area contributed by atoms with Gasteiger partial charge in [0.05, 0.1) is 13.2 Å². The topological polar surface area (TPSA) is 18.5 Å².